The van der Waals surface area contributed by atoms with Gasteiger partial charge in [0.1, 0.15) is 11.4 Å². The van der Waals surface area contributed by atoms with Crippen molar-refractivity contribution in [3.63, 3.8) is 0 Å². The molecule has 0 fully saturated rings. The van der Waals surface area contributed by atoms with E-state index in [9.17, 15) is 14.4 Å². The molecule has 1 N–H and O–H groups in total. The molecule has 0 saturated heterocycles. The second kappa shape index (κ2) is 5.34. The number of esters is 1. The monoisotopic (exact) mass is 267 g/mol. The SMILES string of the molecule is COC(=O)COc1cc(-c2ncccc2F)n(O)n1. The molecule has 0 aliphatic heterocycles. The highest BCUT2D eigenvalue weighted by Gasteiger charge is 2.16. The second-order valence-corrected chi connectivity index (χ2v) is 3.46. The van der Waals surface area contributed by atoms with Gasteiger partial charge in [-0.15, -0.1) is 0 Å². The fourth-order valence-electron chi connectivity index (χ4n) is 1.35. The third kappa shape index (κ3) is 2.79. The number of rotatable bonds is 4. The fraction of sp³-hybridized carbons (Fsp3) is 0.182. The lowest BCUT2D eigenvalue weighted by atomic mass is 10.2. The van der Waals surface area contributed by atoms with Crippen LogP contribution >= 0.6 is 0 Å². The number of ether oxygens (including phenoxy) is 2. The lowest BCUT2D eigenvalue weighted by molar-refractivity contribution is -0.143. The average molecular weight is 267 g/mol. The van der Waals surface area contributed by atoms with Crippen LogP contribution in [0.2, 0.25) is 0 Å². The van der Waals surface area contributed by atoms with Gasteiger partial charge >= 0.3 is 5.97 Å². The zero-order chi connectivity index (χ0) is 13.8. The molecule has 2 rings (SSSR count). The van der Waals surface area contributed by atoms with Gasteiger partial charge < -0.3 is 14.7 Å². The Kier molecular flexibility index (Phi) is 3.60. The van der Waals surface area contributed by atoms with Crippen LogP contribution in [0.25, 0.3) is 11.4 Å². The van der Waals surface area contributed by atoms with Gasteiger partial charge in [0.25, 0.3) is 0 Å². The summed E-state index contributed by atoms with van der Waals surface area (Å²) in [6, 6.07) is 3.88. The molecule has 7 nitrogen and oxygen atoms in total. The molecule has 0 spiro atoms. The van der Waals surface area contributed by atoms with Crippen molar-refractivity contribution in [2.45, 2.75) is 0 Å². The molecular formula is C11H10FN3O4. The summed E-state index contributed by atoms with van der Waals surface area (Å²) in [6.07, 6.45) is 1.38. The van der Waals surface area contributed by atoms with Gasteiger partial charge in [0.05, 0.1) is 7.11 Å². The highest BCUT2D eigenvalue weighted by Crippen LogP contribution is 2.23. The molecule has 0 radical (unpaired) electrons. The lowest BCUT2D eigenvalue weighted by Gasteiger charge is -1.99. The van der Waals surface area contributed by atoms with Gasteiger partial charge in [0.15, 0.2) is 12.4 Å². The quantitative estimate of drug-likeness (QED) is 0.653. The molecule has 19 heavy (non-hydrogen) atoms. The van der Waals surface area contributed by atoms with Crippen LogP contribution in [0.1, 0.15) is 0 Å². The van der Waals surface area contributed by atoms with E-state index in [0.29, 0.717) is 4.85 Å². The predicted molar refractivity (Wildman–Crippen MR) is 60.1 cm³/mol. The molecule has 2 aromatic rings. The normalized spacial score (nSPS) is 10.2. The van der Waals surface area contributed by atoms with Crippen LogP contribution in [-0.4, -0.2) is 39.8 Å². The van der Waals surface area contributed by atoms with E-state index in [4.69, 9.17) is 4.74 Å². The summed E-state index contributed by atoms with van der Waals surface area (Å²) in [7, 11) is 1.21. The third-order valence-corrected chi connectivity index (χ3v) is 2.24. The van der Waals surface area contributed by atoms with Crippen LogP contribution in [0.5, 0.6) is 5.88 Å². The van der Waals surface area contributed by atoms with Crippen molar-refractivity contribution in [3.05, 3.63) is 30.2 Å². The number of carbonyl (C=O) groups is 1. The maximum atomic E-state index is 13.5. The first-order chi connectivity index (χ1) is 9.11. The fourth-order valence-corrected chi connectivity index (χ4v) is 1.35. The molecule has 0 aliphatic carbocycles. The molecule has 8 heteroatoms. The Balaban J connectivity index is 2.22. The molecule has 2 heterocycles. The van der Waals surface area contributed by atoms with E-state index in [2.05, 4.69) is 14.8 Å². The number of pyridine rings is 1. The van der Waals surface area contributed by atoms with Crippen molar-refractivity contribution in [1.29, 1.82) is 0 Å². The van der Waals surface area contributed by atoms with E-state index in [0.717, 1.165) is 0 Å². The van der Waals surface area contributed by atoms with Crippen molar-refractivity contribution >= 4 is 5.97 Å². The Morgan fingerprint density at radius 2 is 2.37 bits per heavy atom. The predicted octanol–water partition coefficient (Wildman–Crippen LogP) is 0.873. The molecule has 2 aromatic heterocycles. The highest BCUT2D eigenvalue weighted by molar-refractivity contribution is 5.70. The molecular weight excluding hydrogens is 257 g/mol. The summed E-state index contributed by atoms with van der Waals surface area (Å²) in [5.74, 6) is -1.26. The highest BCUT2D eigenvalue weighted by atomic mass is 19.1. The summed E-state index contributed by atoms with van der Waals surface area (Å²) >= 11 is 0. The van der Waals surface area contributed by atoms with Gasteiger partial charge in [0, 0.05) is 12.3 Å². The Labute approximate surface area is 107 Å². The number of hydrogen-bond acceptors (Lipinski definition) is 6. The maximum Gasteiger partial charge on any atom is 0.343 e. The van der Waals surface area contributed by atoms with E-state index < -0.39 is 11.8 Å². The topological polar surface area (TPSA) is 86.5 Å². The van der Waals surface area contributed by atoms with Crippen molar-refractivity contribution < 1.29 is 23.9 Å². The zero-order valence-corrected chi connectivity index (χ0v) is 9.91. The molecule has 0 unspecified atom stereocenters. The van der Waals surface area contributed by atoms with Crippen LogP contribution in [0.3, 0.4) is 0 Å². The first kappa shape index (κ1) is 12.8. The third-order valence-electron chi connectivity index (χ3n) is 2.24. The smallest absolute Gasteiger partial charge is 0.343 e. The Morgan fingerprint density at radius 1 is 1.58 bits per heavy atom. The first-order valence-corrected chi connectivity index (χ1v) is 5.21. The first-order valence-electron chi connectivity index (χ1n) is 5.21. The Hall–Kier alpha value is -2.64. The molecule has 0 aliphatic rings. The number of nitrogens with zero attached hydrogens (tertiary/aromatic N) is 3. The summed E-state index contributed by atoms with van der Waals surface area (Å²) in [5.41, 5.74) is -0.0663. The number of methoxy groups -OCH3 is 1. The van der Waals surface area contributed by atoms with Crippen molar-refractivity contribution in [2.24, 2.45) is 0 Å². The van der Waals surface area contributed by atoms with Crippen LogP contribution < -0.4 is 4.74 Å². The minimum Gasteiger partial charge on any atom is -0.466 e. The molecule has 0 atom stereocenters. The minimum atomic E-state index is -0.614. The standard InChI is InChI=1S/C11H10FN3O4/c1-18-10(16)6-19-9-5-8(15(17)14-9)11-7(12)3-2-4-13-11/h2-5,17H,6H2,1H3. The van der Waals surface area contributed by atoms with E-state index in [1.54, 1.807) is 0 Å². The lowest BCUT2D eigenvalue weighted by Crippen LogP contribution is -2.12. The number of aromatic nitrogens is 3. The van der Waals surface area contributed by atoms with Gasteiger partial charge in [-0.25, -0.2) is 9.18 Å². The van der Waals surface area contributed by atoms with Crippen LogP contribution in [0.4, 0.5) is 4.39 Å². The van der Waals surface area contributed by atoms with E-state index in [1.165, 1.54) is 31.5 Å². The molecule has 0 aromatic carbocycles. The maximum absolute atomic E-state index is 13.5. The largest absolute Gasteiger partial charge is 0.466 e. The summed E-state index contributed by atoms with van der Waals surface area (Å²) in [6.45, 7) is -0.363. The molecule has 0 amide bonds. The van der Waals surface area contributed by atoms with Crippen LogP contribution in [-0.2, 0) is 9.53 Å². The zero-order valence-electron chi connectivity index (χ0n) is 9.91. The van der Waals surface area contributed by atoms with Gasteiger partial charge in [-0.3, -0.25) is 4.98 Å². The van der Waals surface area contributed by atoms with Crippen LogP contribution in [0.15, 0.2) is 24.4 Å². The van der Waals surface area contributed by atoms with Gasteiger partial charge in [-0.2, -0.15) is 0 Å². The molecule has 0 bridgehead atoms. The van der Waals surface area contributed by atoms with E-state index in [1.807, 2.05) is 0 Å². The second-order valence-electron chi connectivity index (χ2n) is 3.46. The Morgan fingerprint density at radius 3 is 3.05 bits per heavy atom. The van der Waals surface area contributed by atoms with E-state index in [-0.39, 0.29) is 23.9 Å². The molecule has 100 valence electrons. The van der Waals surface area contributed by atoms with Gasteiger partial charge in [-0.1, -0.05) is 9.94 Å². The van der Waals surface area contributed by atoms with Gasteiger partial charge in [0.2, 0.25) is 5.88 Å². The number of hydrogen-bond donors (Lipinski definition) is 1. The number of carbonyl (C=O) groups excluding carboxylic acids is 1. The Bertz CT molecular complexity index is 599. The summed E-state index contributed by atoms with van der Waals surface area (Å²) < 4.78 is 22.8. The van der Waals surface area contributed by atoms with Crippen molar-refractivity contribution in [3.8, 4) is 17.3 Å². The molecule has 0 saturated carbocycles. The minimum absolute atomic E-state index is 0.0120. The van der Waals surface area contributed by atoms with Gasteiger partial charge in [-0.05, 0) is 12.1 Å². The number of halogens is 1. The average Bonchev–Trinajstić information content (AvgIpc) is 2.77. The van der Waals surface area contributed by atoms with E-state index >= 15 is 0 Å². The van der Waals surface area contributed by atoms with Crippen molar-refractivity contribution in [1.82, 2.24) is 14.9 Å². The van der Waals surface area contributed by atoms with Crippen LogP contribution in [0, 0.1) is 5.82 Å². The summed E-state index contributed by atoms with van der Waals surface area (Å²) in [4.78, 5) is 15.1. The van der Waals surface area contributed by atoms with Crippen molar-refractivity contribution in [2.75, 3.05) is 13.7 Å². The summed E-state index contributed by atoms with van der Waals surface area (Å²) in [5, 5.41) is 13.1.